The van der Waals surface area contributed by atoms with Crippen molar-refractivity contribution in [2.45, 2.75) is 58.3 Å². The maximum absolute atomic E-state index is 12.3. The Balaban J connectivity index is 1.60. The second kappa shape index (κ2) is 7.18. The minimum Gasteiger partial charge on any atom is -0.388 e. The van der Waals surface area contributed by atoms with Gasteiger partial charge in [-0.2, -0.15) is 0 Å². The molecular formula is C17H23N5O3. The summed E-state index contributed by atoms with van der Waals surface area (Å²) in [5.74, 6) is 1.44. The van der Waals surface area contributed by atoms with E-state index >= 15 is 0 Å². The molecule has 0 aliphatic heterocycles. The quantitative estimate of drug-likeness (QED) is 0.800. The molecule has 0 radical (unpaired) electrons. The maximum Gasteiger partial charge on any atom is 0.251 e. The van der Waals surface area contributed by atoms with Crippen molar-refractivity contribution in [1.29, 1.82) is 0 Å². The zero-order chi connectivity index (χ0) is 18.0. The van der Waals surface area contributed by atoms with Crippen molar-refractivity contribution in [3.05, 3.63) is 45.9 Å². The van der Waals surface area contributed by atoms with Crippen LogP contribution in [0.2, 0.25) is 0 Å². The van der Waals surface area contributed by atoms with Gasteiger partial charge in [-0.25, -0.2) is 0 Å². The predicted molar refractivity (Wildman–Crippen MR) is 91.2 cm³/mol. The Hall–Kier alpha value is -2.48. The molecule has 8 heteroatoms. The summed E-state index contributed by atoms with van der Waals surface area (Å²) in [5.41, 5.74) is 0.214. The lowest BCUT2D eigenvalue weighted by atomic mass is 9.79. The van der Waals surface area contributed by atoms with Crippen LogP contribution in [0, 0.1) is 0 Å². The second-order valence-electron chi connectivity index (χ2n) is 6.26. The van der Waals surface area contributed by atoms with Gasteiger partial charge in [-0.3, -0.25) is 9.59 Å². The Bertz CT molecular complexity index is 820. The van der Waals surface area contributed by atoms with Gasteiger partial charge < -0.3 is 19.6 Å². The lowest BCUT2D eigenvalue weighted by Crippen LogP contribution is -2.44. The van der Waals surface area contributed by atoms with E-state index in [-0.39, 0.29) is 30.0 Å². The van der Waals surface area contributed by atoms with E-state index in [2.05, 4.69) is 15.5 Å². The van der Waals surface area contributed by atoms with E-state index in [4.69, 9.17) is 0 Å². The SMILES string of the molecule is CCn1c(CO)nnc1C1CC(NC(=O)c2ccn(CC)c(=O)c2)C1. The van der Waals surface area contributed by atoms with Crippen LogP contribution in [0.4, 0.5) is 0 Å². The predicted octanol–water partition coefficient (Wildman–Crippen LogP) is 0.648. The van der Waals surface area contributed by atoms with Gasteiger partial charge in [0.05, 0.1) is 0 Å². The maximum atomic E-state index is 12.3. The minimum absolute atomic E-state index is 0.0608. The van der Waals surface area contributed by atoms with Gasteiger partial charge in [0.15, 0.2) is 5.82 Å². The molecule has 0 saturated heterocycles. The Morgan fingerprint density at radius 3 is 2.68 bits per heavy atom. The monoisotopic (exact) mass is 345 g/mol. The van der Waals surface area contributed by atoms with Gasteiger partial charge in [-0.05, 0) is 32.8 Å². The minimum atomic E-state index is -0.225. The molecule has 0 bridgehead atoms. The standard InChI is InChI=1S/C17H23N5O3/c1-3-21-6-5-11(9-15(21)24)17(25)18-13-7-12(8-13)16-20-19-14(10-23)22(16)4-2/h5-6,9,12-13,23H,3-4,7-8,10H2,1-2H3,(H,18,25). The number of aromatic nitrogens is 4. The fourth-order valence-electron chi connectivity index (χ4n) is 3.24. The molecule has 2 N–H and O–H groups in total. The molecule has 0 spiro atoms. The fraction of sp³-hybridized carbons (Fsp3) is 0.529. The topological polar surface area (TPSA) is 102 Å². The first-order valence-corrected chi connectivity index (χ1v) is 8.61. The van der Waals surface area contributed by atoms with Crippen molar-refractivity contribution < 1.29 is 9.90 Å². The van der Waals surface area contributed by atoms with E-state index in [9.17, 15) is 14.7 Å². The number of carbonyl (C=O) groups excluding carboxylic acids is 1. The lowest BCUT2D eigenvalue weighted by Gasteiger charge is -2.35. The summed E-state index contributed by atoms with van der Waals surface area (Å²) in [5, 5.41) is 20.4. The lowest BCUT2D eigenvalue weighted by molar-refractivity contribution is 0.0906. The molecule has 3 rings (SSSR count). The van der Waals surface area contributed by atoms with E-state index in [1.807, 2.05) is 18.4 Å². The third kappa shape index (κ3) is 3.34. The van der Waals surface area contributed by atoms with Gasteiger partial charge in [0.2, 0.25) is 0 Å². The van der Waals surface area contributed by atoms with E-state index in [0.717, 1.165) is 18.7 Å². The summed E-state index contributed by atoms with van der Waals surface area (Å²) >= 11 is 0. The number of nitrogens with zero attached hydrogens (tertiary/aromatic N) is 4. The van der Waals surface area contributed by atoms with Crippen molar-refractivity contribution >= 4 is 5.91 Å². The molecule has 1 fully saturated rings. The summed E-state index contributed by atoms with van der Waals surface area (Å²) in [6.45, 7) is 5.03. The zero-order valence-electron chi connectivity index (χ0n) is 14.5. The first-order chi connectivity index (χ1) is 12.1. The molecule has 1 amide bonds. The van der Waals surface area contributed by atoms with Gasteiger partial charge in [0, 0.05) is 42.9 Å². The van der Waals surface area contributed by atoms with Crippen molar-refractivity contribution in [3.8, 4) is 0 Å². The van der Waals surface area contributed by atoms with Crippen LogP contribution in [-0.4, -0.2) is 36.4 Å². The molecule has 8 nitrogen and oxygen atoms in total. The molecule has 0 atom stereocenters. The highest BCUT2D eigenvalue weighted by Gasteiger charge is 2.35. The van der Waals surface area contributed by atoms with E-state index in [0.29, 0.717) is 24.5 Å². The van der Waals surface area contributed by atoms with Crippen molar-refractivity contribution in [2.75, 3.05) is 0 Å². The number of amides is 1. The number of aryl methyl sites for hydroxylation is 1. The number of hydrogen-bond acceptors (Lipinski definition) is 5. The second-order valence-corrected chi connectivity index (χ2v) is 6.26. The highest BCUT2D eigenvalue weighted by atomic mass is 16.3. The summed E-state index contributed by atoms with van der Waals surface area (Å²) < 4.78 is 3.47. The zero-order valence-corrected chi connectivity index (χ0v) is 14.5. The molecule has 1 aliphatic rings. The molecule has 25 heavy (non-hydrogen) atoms. The molecule has 2 heterocycles. The van der Waals surface area contributed by atoms with Crippen LogP contribution in [0.15, 0.2) is 23.1 Å². The van der Waals surface area contributed by atoms with Crippen LogP contribution in [0.5, 0.6) is 0 Å². The van der Waals surface area contributed by atoms with Crippen LogP contribution in [0.3, 0.4) is 0 Å². The van der Waals surface area contributed by atoms with Gasteiger partial charge in [0.1, 0.15) is 12.4 Å². The van der Waals surface area contributed by atoms with E-state index < -0.39 is 0 Å². The average Bonchev–Trinajstić information content (AvgIpc) is 2.99. The number of aliphatic hydroxyl groups excluding tert-OH is 1. The number of nitrogens with one attached hydrogen (secondary N) is 1. The summed E-state index contributed by atoms with van der Waals surface area (Å²) in [7, 11) is 0. The number of rotatable bonds is 6. The molecule has 1 aliphatic carbocycles. The van der Waals surface area contributed by atoms with Crippen LogP contribution in [0.25, 0.3) is 0 Å². The Kier molecular flexibility index (Phi) is 4.98. The van der Waals surface area contributed by atoms with Crippen molar-refractivity contribution in [2.24, 2.45) is 0 Å². The summed E-state index contributed by atoms with van der Waals surface area (Å²) in [4.78, 5) is 24.1. The van der Waals surface area contributed by atoms with E-state index in [1.165, 1.54) is 6.07 Å². The number of aliphatic hydroxyl groups is 1. The first kappa shape index (κ1) is 17.3. The van der Waals surface area contributed by atoms with Crippen LogP contribution < -0.4 is 10.9 Å². The molecule has 0 unspecified atom stereocenters. The molecular weight excluding hydrogens is 322 g/mol. The van der Waals surface area contributed by atoms with Gasteiger partial charge >= 0.3 is 0 Å². The smallest absolute Gasteiger partial charge is 0.251 e. The molecule has 134 valence electrons. The number of carbonyl (C=O) groups is 1. The van der Waals surface area contributed by atoms with Crippen molar-refractivity contribution in [1.82, 2.24) is 24.6 Å². The molecule has 0 aromatic carbocycles. The van der Waals surface area contributed by atoms with Crippen LogP contribution >= 0.6 is 0 Å². The van der Waals surface area contributed by atoms with Crippen molar-refractivity contribution in [3.63, 3.8) is 0 Å². The fourth-order valence-corrected chi connectivity index (χ4v) is 3.24. The van der Waals surface area contributed by atoms with Crippen LogP contribution in [0.1, 0.15) is 54.6 Å². The molecule has 2 aromatic heterocycles. The van der Waals surface area contributed by atoms with E-state index in [1.54, 1.807) is 16.8 Å². The van der Waals surface area contributed by atoms with Gasteiger partial charge in [-0.1, -0.05) is 0 Å². The highest BCUT2D eigenvalue weighted by molar-refractivity contribution is 5.94. The Morgan fingerprint density at radius 2 is 2.08 bits per heavy atom. The average molecular weight is 345 g/mol. The third-order valence-corrected chi connectivity index (χ3v) is 4.75. The molecule has 1 saturated carbocycles. The Morgan fingerprint density at radius 1 is 1.32 bits per heavy atom. The van der Waals surface area contributed by atoms with Crippen LogP contribution in [-0.2, 0) is 19.7 Å². The Labute approximate surface area is 145 Å². The first-order valence-electron chi connectivity index (χ1n) is 8.61. The third-order valence-electron chi connectivity index (χ3n) is 4.75. The summed E-state index contributed by atoms with van der Waals surface area (Å²) in [6.07, 6.45) is 3.20. The normalized spacial score (nSPS) is 19.5. The van der Waals surface area contributed by atoms with Gasteiger partial charge in [-0.15, -0.1) is 10.2 Å². The molecule has 2 aromatic rings. The number of hydrogen-bond donors (Lipinski definition) is 2. The number of pyridine rings is 1. The highest BCUT2D eigenvalue weighted by Crippen LogP contribution is 2.36. The van der Waals surface area contributed by atoms with Gasteiger partial charge in [0.25, 0.3) is 11.5 Å². The summed E-state index contributed by atoms with van der Waals surface area (Å²) in [6, 6.07) is 3.10. The largest absolute Gasteiger partial charge is 0.388 e.